The van der Waals surface area contributed by atoms with Crippen LogP contribution in [0.1, 0.15) is 16.2 Å². The summed E-state index contributed by atoms with van der Waals surface area (Å²) in [6, 6.07) is 1.56. The van der Waals surface area contributed by atoms with E-state index in [0.29, 0.717) is 27.1 Å². The highest BCUT2D eigenvalue weighted by molar-refractivity contribution is 6.36. The van der Waals surface area contributed by atoms with E-state index in [1.165, 1.54) is 4.40 Å². The maximum atomic E-state index is 11.5. The van der Waals surface area contributed by atoms with Crippen LogP contribution in [0.5, 0.6) is 0 Å². The number of rotatable bonds is 1. The molecule has 0 aliphatic heterocycles. The number of imidazole rings is 1. The Bertz CT molecular complexity index is 578. The first-order valence-electron chi connectivity index (χ1n) is 4.39. The van der Waals surface area contributed by atoms with E-state index in [4.69, 9.17) is 29.0 Å². The number of aryl methyl sites for hydroxylation is 1. The number of nitrogens with zero attached hydrogens (tertiary/aromatic N) is 2. The minimum atomic E-state index is -0.441. The van der Waals surface area contributed by atoms with Crippen molar-refractivity contribution in [3.63, 3.8) is 0 Å². The van der Waals surface area contributed by atoms with Gasteiger partial charge in [0.25, 0.3) is 5.91 Å². The lowest BCUT2D eigenvalue weighted by Crippen LogP contribution is -2.31. The molecular weight excluding hydrogens is 251 g/mol. The second-order valence-electron chi connectivity index (χ2n) is 3.22. The predicted molar refractivity (Wildman–Crippen MR) is 61.6 cm³/mol. The number of nitrogen functional groups attached to an aromatic ring is 1. The Labute approximate surface area is 101 Å². The van der Waals surface area contributed by atoms with E-state index in [1.54, 1.807) is 19.2 Å². The van der Waals surface area contributed by atoms with Crippen LogP contribution in [0, 0.1) is 6.92 Å². The fraction of sp³-hybridized carbons (Fsp3) is 0.111. The Morgan fingerprint density at radius 1 is 1.56 bits per heavy atom. The summed E-state index contributed by atoms with van der Waals surface area (Å²) in [7, 11) is 0. The van der Waals surface area contributed by atoms with Crippen molar-refractivity contribution in [2.24, 2.45) is 5.84 Å². The zero-order chi connectivity index (χ0) is 11.9. The second kappa shape index (κ2) is 3.93. The average Bonchev–Trinajstić information content (AvgIpc) is 2.54. The van der Waals surface area contributed by atoms with Gasteiger partial charge in [0.1, 0.15) is 5.69 Å². The summed E-state index contributed by atoms with van der Waals surface area (Å²) in [5.41, 5.74) is 3.38. The number of halogens is 2. The zero-order valence-electron chi connectivity index (χ0n) is 8.29. The summed E-state index contributed by atoms with van der Waals surface area (Å²) in [5, 5.41) is 0.799. The van der Waals surface area contributed by atoms with Crippen LogP contribution in [0.2, 0.25) is 10.0 Å². The lowest BCUT2D eigenvalue weighted by molar-refractivity contribution is 0.0947. The molecule has 0 unspecified atom stereocenters. The number of carbonyl (C=O) groups is 1. The number of hydrazine groups is 1. The quantitative estimate of drug-likeness (QED) is 0.463. The molecule has 0 aliphatic rings. The molecule has 84 valence electrons. The molecule has 0 atom stereocenters. The van der Waals surface area contributed by atoms with E-state index in [0.717, 1.165) is 0 Å². The standard InChI is InChI=1S/C9H8Cl2N4O/c1-4-7(9(16)14-12)15-3-5(10)2-6(11)8(15)13-4/h2-3H,12H2,1H3,(H,14,16). The summed E-state index contributed by atoms with van der Waals surface area (Å²) >= 11 is 11.8. The van der Waals surface area contributed by atoms with Gasteiger partial charge in [-0.05, 0) is 13.0 Å². The van der Waals surface area contributed by atoms with Crippen molar-refractivity contribution in [3.8, 4) is 0 Å². The minimum Gasteiger partial charge on any atom is -0.292 e. The molecule has 0 aromatic carbocycles. The second-order valence-corrected chi connectivity index (χ2v) is 4.06. The van der Waals surface area contributed by atoms with Crippen molar-refractivity contribution < 1.29 is 4.79 Å². The van der Waals surface area contributed by atoms with E-state index >= 15 is 0 Å². The molecule has 0 aliphatic carbocycles. The van der Waals surface area contributed by atoms with Gasteiger partial charge in [0.05, 0.1) is 15.7 Å². The number of fused-ring (bicyclic) bond motifs is 1. The smallest absolute Gasteiger partial charge is 0.284 e. The number of hydrogen-bond donors (Lipinski definition) is 2. The van der Waals surface area contributed by atoms with Gasteiger partial charge >= 0.3 is 0 Å². The highest BCUT2D eigenvalue weighted by Gasteiger charge is 2.17. The third-order valence-electron chi connectivity index (χ3n) is 2.16. The Kier molecular flexibility index (Phi) is 2.75. The van der Waals surface area contributed by atoms with Crippen molar-refractivity contribution >= 4 is 34.8 Å². The van der Waals surface area contributed by atoms with E-state index in [-0.39, 0.29) is 0 Å². The number of hydrogen-bond acceptors (Lipinski definition) is 3. The summed E-state index contributed by atoms with van der Waals surface area (Å²) < 4.78 is 1.52. The molecule has 0 radical (unpaired) electrons. The van der Waals surface area contributed by atoms with Gasteiger partial charge in [-0.3, -0.25) is 14.6 Å². The van der Waals surface area contributed by atoms with Gasteiger partial charge in [-0.15, -0.1) is 0 Å². The molecule has 0 saturated heterocycles. The predicted octanol–water partition coefficient (Wildman–Crippen LogP) is 1.55. The third kappa shape index (κ3) is 1.63. The number of amides is 1. The monoisotopic (exact) mass is 258 g/mol. The normalized spacial score (nSPS) is 10.8. The highest BCUT2D eigenvalue weighted by Crippen LogP contribution is 2.24. The molecule has 0 bridgehead atoms. The van der Waals surface area contributed by atoms with Gasteiger partial charge in [-0.25, -0.2) is 10.8 Å². The van der Waals surface area contributed by atoms with Crippen LogP contribution in [0.3, 0.4) is 0 Å². The SMILES string of the molecule is Cc1nc2c(Cl)cc(Cl)cn2c1C(=O)NN. The molecule has 0 saturated carbocycles. The molecule has 5 nitrogen and oxygen atoms in total. The van der Waals surface area contributed by atoms with Crippen molar-refractivity contribution in [1.29, 1.82) is 0 Å². The van der Waals surface area contributed by atoms with Gasteiger partial charge in [0.2, 0.25) is 0 Å². The van der Waals surface area contributed by atoms with E-state index in [1.807, 2.05) is 0 Å². The van der Waals surface area contributed by atoms with E-state index in [9.17, 15) is 4.79 Å². The molecule has 0 spiro atoms. The van der Waals surface area contributed by atoms with Crippen LogP contribution in [-0.4, -0.2) is 15.3 Å². The van der Waals surface area contributed by atoms with Gasteiger partial charge in [-0.2, -0.15) is 0 Å². The van der Waals surface area contributed by atoms with Crippen LogP contribution in [0.15, 0.2) is 12.3 Å². The van der Waals surface area contributed by atoms with Crippen molar-refractivity contribution in [3.05, 3.63) is 33.7 Å². The molecule has 2 heterocycles. The first kappa shape index (κ1) is 11.2. The van der Waals surface area contributed by atoms with Crippen LogP contribution in [0.25, 0.3) is 5.65 Å². The highest BCUT2D eigenvalue weighted by atomic mass is 35.5. The molecule has 16 heavy (non-hydrogen) atoms. The molecule has 2 aromatic rings. The van der Waals surface area contributed by atoms with E-state index in [2.05, 4.69) is 10.4 Å². The van der Waals surface area contributed by atoms with Gasteiger partial charge in [0, 0.05) is 6.20 Å². The molecule has 2 aromatic heterocycles. The number of nitrogens with two attached hydrogens (primary N) is 1. The fourth-order valence-electron chi connectivity index (χ4n) is 1.53. The average molecular weight is 259 g/mol. The van der Waals surface area contributed by atoms with Gasteiger partial charge in [0.15, 0.2) is 5.65 Å². The lowest BCUT2D eigenvalue weighted by atomic mass is 10.3. The third-order valence-corrected chi connectivity index (χ3v) is 2.65. The van der Waals surface area contributed by atoms with Crippen LogP contribution >= 0.6 is 23.2 Å². The van der Waals surface area contributed by atoms with Crippen molar-refractivity contribution in [2.75, 3.05) is 0 Å². The molecule has 3 N–H and O–H groups in total. The molecule has 7 heteroatoms. The fourth-order valence-corrected chi connectivity index (χ4v) is 2.04. The summed E-state index contributed by atoms with van der Waals surface area (Å²) in [4.78, 5) is 15.7. The molecule has 0 fully saturated rings. The van der Waals surface area contributed by atoms with Crippen LogP contribution < -0.4 is 11.3 Å². The summed E-state index contributed by atoms with van der Waals surface area (Å²) in [6.45, 7) is 1.70. The summed E-state index contributed by atoms with van der Waals surface area (Å²) in [5.74, 6) is 4.65. The zero-order valence-corrected chi connectivity index (χ0v) is 9.80. The summed E-state index contributed by atoms with van der Waals surface area (Å²) in [6.07, 6.45) is 1.56. The molecule has 1 amide bonds. The molecular formula is C9H8Cl2N4O. The number of carbonyl (C=O) groups excluding carboxylic acids is 1. The van der Waals surface area contributed by atoms with Gasteiger partial charge < -0.3 is 0 Å². The number of nitrogens with one attached hydrogen (secondary N) is 1. The first-order valence-corrected chi connectivity index (χ1v) is 5.15. The van der Waals surface area contributed by atoms with Crippen molar-refractivity contribution in [2.45, 2.75) is 6.92 Å². The Balaban J connectivity index is 2.83. The largest absolute Gasteiger partial charge is 0.292 e. The lowest BCUT2D eigenvalue weighted by Gasteiger charge is -2.02. The van der Waals surface area contributed by atoms with Crippen molar-refractivity contribution in [1.82, 2.24) is 14.8 Å². The Morgan fingerprint density at radius 2 is 2.25 bits per heavy atom. The Morgan fingerprint density at radius 3 is 2.88 bits per heavy atom. The van der Waals surface area contributed by atoms with E-state index < -0.39 is 5.91 Å². The van der Waals surface area contributed by atoms with Crippen LogP contribution in [0.4, 0.5) is 0 Å². The molecule has 2 rings (SSSR count). The maximum Gasteiger partial charge on any atom is 0.284 e. The number of pyridine rings is 1. The first-order chi connectivity index (χ1) is 7.54. The van der Waals surface area contributed by atoms with Crippen LogP contribution in [-0.2, 0) is 0 Å². The number of aromatic nitrogens is 2. The Hall–Kier alpha value is -1.30. The topological polar surface area (TPSA) is 72.4 Å². The maximum absolute atomic E-state index is 11.5. The minimum absolute atomic E-state index is 0.321. The van der Waals surface area contributed by atoms with Gasteiger partial charge in [-0.1, -0.05) is 23.2 Å².